The number of carbonyl (C=O) groups excluding carboxylic acids is 1. The van der Waals surface area contributed by atoms with E-state index < -0.39 is 23.1 Å². The van der Waals surface area contributed by atoms with Gasteiger partial charge < -0.3 is 4.74 Å². The number of H-pyrrole nitrogens is 1. The summed E-state index contributed by atoms with van der Waals surface area (Å²) in [7, 11) is 0. The maximum Gasteiger partial charge on any atom is 0.400 e. The summed E-state index contributed by atoms with van der Waals surface area (Å²) in [5, 5.41) is 0.259. The molecule has 7 nitrogen and oxygen atoms in total. The summed E-state index contributed by atoms with van der Waals surface area (Å²) in [5.74, 6) is -0.270. The molecule has 2 aromatic heterocycles. The van der Waals surface area contributed by atoms with Gasteiger partial charge in [-0.3, -0.25) is 9.78 Å². The van der Waals surface area contributed by atoms with Crippen LogP contribution in [0.5, 0.6) is 5.88 Å². The molecule has 1 N–H and O–H groups in total. The Morgan fingerprint density at radius 2 is 1.76 bits per heavy atom. The second-order valence-electron chi connectivity index (χ2n) is 10.4. The first-order chi connectivity index (χ1) is 17.1. The molecule has 37 heavy (non-hydrogen) atoms. The van der Waals surface area contributed by atoms with Crippen LogP contribution >= 0.6 is 11.6 Å². The molecule has 11 heteroatoms. The largest absolute Gasteiger partial charge is 0.477 e. The van der Waals surface area contributed by atoms with Crippen molar-refractivity contribution in [1.82, 2.24) is 19.9 Å². The summed E-state index contributed by atoms with van der Waals surface area (Å²) < 4.78 is 45.2. The van der Waals surface area contributed by atoms with Crippen molar-refractivity contribution >= 4 is 17.4 Å². The van der Waals surface area contributed by atoms with Crippen molar-refractivity contribution in [2.75, 3.05) is 6.61 Å². The highest BCUT2D eigenvalue weighted by molar-refractivity contribution is 6.33. The number of ether oxygens (including phenoxy) is 1. The number of halogens is 4. The summed E-state index contributed by atoms with van der Waals surface area (Å²) in [5.41, 5.74) is -1.77. The van der Waals surface area contributed by atoms with Crippen LogP contribution in [-0.2, 0) is 11.2 Å². The van der Waals surface area contributed by atoms with Gasteiger partial charge in [0.05, 0.1) is 11.6 Å². The number of Topliss-reactive ketones (excluding diaryl/α,β-unsaturated/α-hetero) is 1. The van der Waals surface area contributed by atoms with Crippen molar-refractivity contribution in [2.24, 2.45) is 10.8 Å². The molecule has 0 aliphatic rings. The van der Waals surface area contributed by atoms with Gasteiger partial charge in [-0.1, -0.05) is 38.4 Å². The number of aryl methyl sites for hydroxylation is 1. The van der Waals surface area contributed by atoms with Crippen LogP contribution in [-0.4, -0.2) is 38.5 Å². The molecule has 0 radical (unpaired) electrons. The number of hydrogen-bond donors (Lipinski definition) is 1. The number of aromatic amines is 1. The third kappa shape index (κ3) is 7.15. The van der Waals surface area contributed by atoms with Gasteiger partial charge >= 0.3 is 11.9 Å². The summed E-state index contributed by atoms with van der Waals surface area (Å²) >= 11 is 6.34. The SMILES string of the molecule is CC(C)(C)COc1ccc(-c2nc(-c3cc(CCC(=O)C(C)(C)C(F)(F)F)ccc3Cl)[nH]c(=O)n2)cn1. The first-order valence-electron chi connectivity index (χ1n) is 11.5. The standard InChI is InChI=1S/C26H28ClF3N4O3/c1-24(2,3)14-37-20-11-8-16(13-31-20)21-32-22(34-23(36)33-21)17-12-15(6-9-18(17)27)7-10-19(35)25(4,5)26(28,29)30/h6,8-9,11-13H,7,10,14H2,1-5H3,(H,32,33,34,36). The predicted molar refractivity (Wildman–Crippen MR) is 134 cm³/mol. The number of nitrogens with one attached hydrogen (secondary N) is 1. The summed E-state index contributed by atoms with van der Waals surface area (Å²) in [6.45, 7) is 8.32. The maximum atomic E-state index is 13.2. The molecule has 0 saturated carbocycles. The Kier molecular flexibility index (Phi) is 8.12. The second-order valence-corrected chi connectivity index (χ2v) is 10.8. The van der Waals surface area contributed by atoms with Gasteiger partial charge in [-0.05, 0) is 49.4 Å². The molecule has 1 aromatic carbocycles. The lowest BCUT2D eigenvalue weighted by Gasteiger charge is -2.26. The van der Waals surface area contributed by atoms with Crippen LogP contribution in [0.3, 0.4) is 0 Å². The van der Waals surface area contributed by atoms with E-state index in [1.165, 1.54) is 12.3 Å². The number of carbonyl (C=O) groups is 1. The molecule has 2 heterocycles. The number of nitrogens with zero attached hydrogens (tertiary/aromatic N) is 3. The van der Waals surface area contributed by atoms with Crippen LogP contribution in [0.15, 0.2) is 41.3 Å². The van der Waals surface area contributed by atoms with E-state index in [9.17, 15) is 22.8 Å². The third-order valence-corrected chi connectivity index (χ3v) is 5.96. The highest BCUT2D eigenvalue weighted by Gasteiger charge is 2.51. The van der Waals surface area contributed by atoms with Gasteiger partial charge in [0.25, 0.3) is 0 Å². The lowest BCUT2D eigenvalue weighted by atomic mass is 9.84. The molecule has 0 aliphatic carbocycles. The molecule has 0 spiro atoms. The average Bonchev–Trinajstić information content (AvgIpc) is 2.80. The number of hydrogen-bond acceptors (Lipinski definition) is 6. The minimum atomic E-state index is -4.64. The monoisotopic (exact) mass is 536 g/mol. The zero-order valence-corrected chi connectivity index (χ0v) is 21.9. The molecule has 3 rings (SSSR count). The number of aromatic nitrogens is 4. The number of rotatable bonds is 8. The summed E-state index contributed by atoms with van der Waals surface area (Å²) in [6, 6.07) is 8.06. The Labute approximate surface area is 217 Å². The molecule has 0 bridgehead atoms. The zero-order chi connectivity index (χ0) is 27.6. The van der Waals surface area contributed by atoms with Crippen molar-refractivity contribution in [3.05, 3.63) is 57.6 Å². The van der Waals surface area contributed by atoms with Crippen LogP contribution < -0.4 is 10.4 Å². The van der Waals surface area contributed by atoms with Gasteiger partial charge in [0, 0.05) is 29.8 Å². The van der Waals surface area contributed by atoms with Crippen molar-refractivity contribution < 1.29 is 22.7 Å². The number of ketones is 1. The molecule has 3 aromatic rings. The van der Waals surface area contributed by atoms with Gasteiger partial charge in [-0.2, -0.15) is 18.2 Å². The van der Waals surface area contributed by atoms with E-state index in [0.29, 0.717) is 29.2 Å². The Hall–Kier alpha value is -3.27. The Bertz CT molecular complexity index is 1330. The third-order valence-electron chi connectivity index (χ3n) is 5.63. The van der Waals surface area contributed by atoms with Gasteiger partial charge in [-0.15, -0.1) is 0 Å². The van der Waals surface area contributed by atoms with E-state index in [1.54, 1.807) is 24.3 Å². The highest BCUT2D eigenvalue weighted by Crippen LogP contribution is 2.39. The highest BCUT2D eigenvalue weighted by atomic mass is 35.5. The van der Waals surface area contributed by atoms with Crippen molar-refractivity contribution in [1.29, 1.82) is 0 Å². The molecule has 0 amide bonds. The normalized spacial score (nSPS) is 12.5. The lowest BCUT2D eigenvalue weighted by molar-refractivity contribution is -0.210. The van der Waals surface area contributed by atoms with Crippen LogP contribution in [0.2, 0.25) is 5.02 Å². The predicted octanol–water partition coefficient (Wildman–Crippen LogP) is 6.06. The maximum absolute atomic E-state index is 13.2. The molecular formula is C26H28ClF3N4O3. The Morgan fingerprint density at radius 3 is 2.35 bits per heavy atom. The van der Waals surface area contributed by atoms with Gasteiger partial charge in [0.1, 0.15) is 17.0 Å². The minimum absolute atomic E-state index is 0.0410. The fourth-order valence-electron chi connectivity index (χ4n) is 3.17. The minimum Gasteiger partial charge on any atom is -0.477 e. The van der Waals surface area contributed by atoms with Gasteiger partial charge in [0.2, 0.25) is 5.88 Å². The number of benzene rings is 1. The van der Waals surface area contributed by atoms with Crippen molar-refractivity contribution in [3.63, 3.8) is 0 Å². The van der Waals surface area contributed by atoms with E-state index >= 15 is 0 Å². The number of alkyl halides is 3. The summed E-state index contributed by atoms with van der Waals surface area (Å²) in [4.78, 5) is 39.6. The van der Waals surface area contributed by atoms with Crippen LogP contribution in [0, 0.1) is 10.8 Å². The van der Waals surface area contributed by atoms with Crippen molar-refractivity contribution in [3.8, 4) is 28.7 Å². The second kappa shape index (κ2) is 10.6. The van der Waals surface area contributed by atoms with Crippen molar-refractivity contribution in [2.45, 2.75) is 53.6 Å². The molecular weight excluding hydrogens is 509 g/mol. The zero-order valence-electron chi connectivity index (χ0n) is 21.2. The van der Waals surface area contributed by atoms with Crippen LogP contribution in [0.1, 0.15) is 46.6 Å². The first-order valence-corrected chi connectivity index (χ1v) is 11.9. The fourth-order valence-corrected chi connectivity index (χ4v) is 3.37. The molecule has 0 fully saturated rings. The molecule has 0 aliphatic heterocycles. The van der Waals surface area contributed by atoms with Gasteiger partial charge in [0.15, 0.2) is 5.82 Å². The quantitative estimate of drug-likeness (QED) is 0.375. The topological polar surface area (TPSA) is 97.8 Å². The van der Waals surface area contributed by atoms with E-state index in [-0.39, 0.29) is 34.9 Å². The van der Waals surface area contributed by atoms with E-state index in [2.05, 4.69) is 19.9 Å². The first kappa shape index (κ1) is 28.3. The smallest absolute Gasteiger partial charge is 0.400 e. The van der Waals surface area contributed by atoms with E-state index in [1.807, 2.05) is 20.8 Å². The Balaban J connectivity index is 1.84. The number of pyridine rings is 1. The Morgan fingerprint density at radius 1 is 1.05 bits per heavy atom. The lowest BCUT2D eigenvalue weighted by Crippen LogP contribution is -2.39. The molecule has 0 unspecified atom stereocenters. The fraction of sp³-hybridized carbons (Fsp3) is 0.423. The van der Waals surface area contributed by atoms with E-state index in [4.69, 9.17) is 16.3 Å². The average molecular weight is 537 g/mol. The molecule has 0 atom stereocenters. The molecule has 198 valence electrons. The van der Waals surface area contributed by atoms with Crippen LogP contribution in [0.4, 0.5) is 13.2 Å². The van der Waals surface area contributed by atoms with E-state index in [0.717, 1.165) is 13.8 Å². The van der Waals surface area contributed by atoms with Crippen LogP contribution in [0.25, 0.3) is 22.8 Å². The van der Waals surface area contributed by atoms with Gasteiger partial charge in [-0.25, -0.2) is 14.8 Å². The molecule has 0 saturated heterocycles. The summed E-state index contributed by atoms with van der Waals surface area (Å²) in [6.07, 6.45) is -3.40.